The minimum Gasteiger partial charge on any atom is -0.504 e. The van der Waals surface area contributed by atoms with Crippen LogP contribution in [0, 0.1) is 0 Å². The van der Waals surface area contributed by atoms with Crippen molar-refractivity contribution in [3.8, 4) is 51.6 Å². The summed E-state index contributed by atoms with van der Waals surface area (Å²) >= 11 is 0. The van der Waals surface area contributed by atoms with Crippen LogP contribution in [0.25, 0.3) is 22.3 Å². The van der Waals surface area contributed by atoms with Crippen molar-refractivity contribution in [3.05, 3.63) is 64.3 Å². The minimum atomic E-state index is -1.92. The van der Waals surface area contributed by atoms with Gasteiger partial charge in [-0.15, -0.1) is 0 Å². The van der Waals surface area contributed by atoms with E-state index in [1.165, 1.54) is 6.07 Å². The summed E-state index contributed by atoms with van der Waals surface area (Å²) in [5.41, 5.74) is -1.09. The van der Waals surface area contributed by atoms with E-state index in [0.717, 1.165) is 42.5 Å². The number of hydrogen-bond acceptors (Lipinski definition) is 15. The second-order valence-corrected chi connectivity index (χ2v) is 9.56. The molecule has 15 nitrogen and oxygen atoms in total. The van der Waals surface area contributed by atoms with Crippen LogP contribution in [0.2, 0.25) is 0 Å². The van der Waals surface area contributed by atoms with Gasteiger partial charge in [0.15, 0.2) is 39.9 Å². The molecular weight excluding hydrogens is 576 g/mol. The van der Waals surface area contributed by atoms with E-state index in [4.69, 9.17) is 18.6 Å². The first-order chi connectivity index (χ1) is 20.3. The fraction of sp³-hybridized carbons (Fsp3) is 0.214. The molecule has 0 unspecified atom stereocenters. The topological polar surface area (TPSA) is 257 Å². The molecule has 1 aromatic heterocycles. The Kier molecular flexibility index (Phi) is 7.64. The van der Waals surface area contributed by atoms with Gasteiger partial charge in [0.05, 0.1) is 5.56 Å². The maximum Gasteiger partial charge on any atom is 0.338 e. The Labute approximate surface area is 239 Å². The molecule has 9 N–H and O–H groups in total. The van der Waals surface area contributed by atoms with E-state index in [2.05, 4.69) is 0 Å². The lowest BCUT2D eigenvalue weighted by Gasteiger charge is -2.39. The highest BCUT2D eigenvalue weighted by atomic mass is 16.7. The largest absolute Gasteiger partial charge is 0.504 e. The van der Waals surface area contributed by atoms with Crippen molar-refractivity contribution in [2.45, 2.75) is 30.7 Å². The first-order valence-electron chi connectivity index (χ1n) is 12.5. The lowest BCUT2D eigenvalue weighted by atomic mass is 9.99. The van der Waals surface area contributed by atoms with Gasteiger partial charge in [-0.1, -0.05) is 0 Å². The molecule has 0 amide bonds. The van der Waals surface area contributed by atoms with Gasteiger partial charge < -0.3 is 64.6 Å². The van der Waals surface area contributed by atoms with Crippen LogP contribution >= 0.6 is 0 Å². The molecule has 4 aromatic rings. The molecule has 15 heteroatoms. The number of fused-ring (bicyclic) bond motifs is 1. The smallest absolute Gasteiger partial charge is 0.338 e. The fourth-order valence-electron chi connectivity index (χ4n) is 4.35. The van der Waals surface area contributed by atoms with Crippen LogP contribution in [0.15, 0.2) is 57.7 Å². The maximum absolute atomic E-state index is 12.8. The number of phenolic OH excluding ortho intramolecular Hbond substituents is 6. The summed E-state index contributed by atoms with van der Waals surface area (Å²) < 4.78 is 21.7. The molecule has 1 aliphatic heterocycles. The number of aliphatic hydroxyl groups excluding tert-OH is 3. The Morgan fingerprint density at radius 2 is 1.44 bits per heavy atom. The quantitative estimate of drug-likeness (QED) is 0.109. The van der Waals surface area contributed by atoms with E-state index < -0.39 is 94.3 Å². The molecule has 0 saturated carbocycles. The summed E-state index contributed by atoms with van der Waals surface area (Å²) in [5, 5.41) is 90.2. The van der Waals surface area contributed by atoms with Gasteiger partial charge in [-0.3, -0.25) is 4.79 Å². The first kappa shape index (κ1) is 29.3. The maximum atomic E-state index is 12.8. The zero-order valence-electron chi connectivity index (χ0n) is 21.7. The van der Waals surface area contributed by atoms with Crippen molar-refractivity contribution in [1.82, 2.24) is 0 Å². The summed E-state index contributed by atoms with van der Waals surface area (Å²) in [7, 11) is 0. The molecule has 5 atom stereocenters. The number of carbonyl (C=O) groups excluding carboxylic acids is 1. The molecule has 0 aliphatic carbocycles. The van der Waals surface area contributed by atoms with Crippen molar-refractivity contribution in [1.29, 1.82) is 0 Å². The molecule has 43 heavy (non-hydrogen) atoms. The third-order valence-corrected chi connectivity index (χ3v) is 6.69. The van der Waals surface area contributed by atoms with Gasteiger partial charge in [0, 0.05) is 17.7 Å². The van der Waals surface area contributed by atoms with Gasteiger partial charge >= 0.3 is 5.97 Å². The molecule has 1 saturated heterocycles. The second-order valence-electron chi connectivity index (χ2n) is 9.56. The van der Waals surface area contributed by atoms with E-state index in [0.29, 0.717) is 0 Å². The van der Waals surface area contributed by atoms with Gasteiger partial charge in [-0.25, -0.2) is 4.79 Å². The first-order valence-corrected chi connectivity index (χ1v) is 12.5. The predicted molar refractivity (Wildman–Crippen MR) is 142 cm³/mol. The van der Waals surface area contributed by atoms with E-state index in [9.17, 15) is 55.5 Å². The Morgan fingerprint density at radius 3 is 2.12 bits per heavy atom. The van der Waals surface area contributed by atoms with Gasteiger partial charge in [0.25, 0.3) is 0 Å². The number of ether oxygens (including phenoxy) is 3. The van der Waals surface area contributed by atoms with E-state index in [-0.39, 0.29) is 22.5 Å². The van der Waals surface area contributed by atoms with Gasteiger partial charge in [0.2, 0.25) is 12.0 Å². The summed E-state index contributed by atoms with van der Waals surface area (Å²) in [6.07, 6.45) is -8.92. The second kappa shape index (κ2) is 11.2. The number of aliphatic hydroxyl groups is 3. The van der Waals surface area contributed by atoms with Crippen molar-refractivity contribution in [3.63, 3.8) is 0 Å². The average molecular weight is 600 g/mol. The van der Waals surface area contributed by atoms with Crippen LogP contribution < -0.4 is 10.2 Å². The highest BCUT2D eigenvalue weighted by Gasteiger charge is 2.46. The molecule has 1 fully saturated rings. The number of rotatable bonds is 6. The molecule has 5 rings (SSSR count). The predicted octanol–water partition coefficient (Wildman–Crippen LogP) is 0.737. The number of benzene rings is 3. The van der Waals surface area contributed by atoms with Gasteiger partial charge in [-0.05, 0) is 36.4 Å². The molecule has 3 aromatic carbocycles. The van der Waals surface area contributed by atoms with Crippen LogP contribution in [-0.4, -0.2) is 89.2 Å². The molecule has 226 valence electrons. The lowest BCUT2D eigenvalue weighted by molar-refractivity contribution is -0.277. The van der Waals surface area contributed by atoms with Crippen LogP contribution in [0.3, 0.4) is 0 Å². The van der Waals surface area contributed by atoms with Crippen LogP contribution in [0.1, 0.15) is 10.4 Å². The Balaban J connectivity index is 1.40. The van der Waals surface area contributed by atoms with Gasteiger partial charge in [-0.2, -0.15) is 0 Å². The Bertz CT molecular complexity index is 1760. The highest BCUT2D eigenvalue weighted by Crippen LogP contribution is 2.43. The number of phenols is 6. The normalized spacial score (nSPS) is 21.9. The summed E-state index contributed by atoms with van der Waals surface area (Å²) in [6, 6.07) is 8.71. The van der Waals surface area contributed by atoms with Crippen LogP contribution in [-0.2, 0) is 9.47 Å². The third kappa shape index (κ3) is 5.52. The molecule has 0 bridgehead atoms. The average Bonchev–Trinajstić information content (AvgIpc) is 2.97. The van der Waals surface area contributed by atoms with E-state index >= 15 is 0 Å². The van der Waals surface area contributed by atoms with Crippen molar-refractivity contribution >= 4 is 16.9 Å². The molecular formula is C28H24O15. The van der Waals surface area contributed by atoms with Crippen LogP contribution in [0.5, 0.6) is 40.2 Å². The fourth-order valence-corrected chi connectivity index (χ4v) is 4.35. The number of carbonyl (C=O) groups is 1. The summed E-state index contributed by atoms with van der Waals surface area (Å²) in [6.45, 7) is -0.683. The Hall–Kier alpha value is -5.22. The van der Waals surface area contributed by atoms with Crippen LogP contribution in [0.4, 0.5) is 0 Å². The zero-order valence-corrected chi connectivity index (χ0v) is 21.7. The van der Waals surface area contributed by atoms with Crippen molar-refractivity contribution in [2.75, 3.05) is 6.61 Å². The lowest BCUT2D eigenvalue weighted by Crippen LogP contribution is -2.60. The summed E-state index contributed by atoms with van der Waals surface area (Å²) in [4.78, 5) is 25.1. The van der Waals surface area contributed by atoms with E-state index in [1.54, 1.807) is 0 Å². The highest BCUT2D eigenvalue weighted by molar-refractivity contribution is 5.90. The SMILES string of the molecule is O=C(OC[C@H]1O[C@@H](Oc2cc3oc(-c4ccc(O)c(O)c4)cc(=O)c3c(O)c2O)[C@H](O)[C@@H](O)[C@@H]1O)c1ccc(O)c(O)c1. The number of aromatic hydroxyl groups is 6. The van der Waals surface area contributed by atoms with Crippen molar-refractivity contribution < 1.29 is 69.4 Å². The Morgan fingerprint density at radius 1 is 0.767 bits per heavy atom. The number of hydrogen-bond donors (Lipinski definition) is 9. The third-order valence-electron chi connectivity index (χ3n) is 6.69. The van der Waals surface area contributed by atoms with Crippen molar-refractivity contribution in [2.24, 2.45) is 0 Å². The number of esters is 1. The zero-order chi connectivity index (χ0) is 31.2. The molecule has 0 radical (unpaired) electrons. The molecule has 0 spiro atoms. The minimum absolute atomic E-state index is 0.0971. The monoisotopic (exact) mass is 600 g/mol. The molecule has 2 heterocycles. The summed E-state index contributed by atoms with van der Waals surface area (Å²) in [5.74, 6) is -5.55. The standard InChI is InChI=1S/C28H24O15/c29-12-3-1-10(5-14(12)31)17-7-16(33)21-18(41-17)8-19(22(34)24(21)36)42-28-26(38)25(37)23(35)20(43-28)9-40-27(39)11-2-4-13(30)15(32)6-11/h1-8,20,23,25-26,28-32,34-38H,9H2/t20-,23-,25+,26-,28-/m1/s1. The van der Waals surface area contributed by atoms with Gasteiger partial charge in [0.1, 0.15) is 47.8 Å². The van der Waals surface area contributed by atoms with E-state index in [1.807, 2.05) is 0 Å². The molecule has 1 aliphatic rings.